The Hall–Kier alpha value is -2.88. The van der Waals surface area contributed by atoms with E-state index in [2.05, 4.69) is 52.2 Å². The predicted molar refractivity (Wildman–Crippen MR) is 125 cm³/mol. The van der Waals surface area contributed by atoms with E-state index in [0.717, 1.165) is 30.4 Å². The Bertz CT molecular complexity index is 998. The molecule has 0 saturated heterocycles. The number of carbonyl (C=O) groups excluding carboxylic acids is 2. The van der Waals surface area contributed by atoms with E-state index < -0.39 is 0 Å². The number of nitrogens with one attached hydrogen (secondary N) is 2. The van der Waals surface area contributed by atoms with Gasteiger partial charge in [-0.05, 0) is 86.6 Å². The van der Waals surface area contributed by atoms with Crippen molar-refractivity contribution in [2.45, 2.75) is 59.9 Å². The van der Waals surface area contributed by atoms with Crippen LogP contribution in [0.25, 0.3) is 5.57 Å². The lowest BCUT2D eigenvalue weighted by Crippen LogP contribution is -2.26. The van der Waals surface area contributed by atoms with Crippen molar-refractivity contribution >= 4 is 29.1 Å². The van der Waals surface area contributed by atoms with E-state index in [0.29, 0.717) is 16.8 Å². The third-order valence-electron chi connectivity index (χ3n) is 4.89. The normalized spacial score (nSPS) is 13.6. The molecule has 0 atom stereocenters. The molecule has 0 radical (unpaired) electrons. The van der Waals surface area contributed by atoms with Gasteiger partial charge in [0.2, 0.25) is 0 Å². The average molecular weight is 405 g/mol. The number of carbonyl (C=O) groups is 2. The van der Waals surface area contributed by atoms with Crippen LogP contribution in [0.4, 0.5) is 11.4 Å². The van der Waals surface area contributed by atoms with Gasteiger partial charge in [-0.15, -0.1) is 0 Å². The Morgan fingerprint density at radius 1 is 0.900 bits per heavy atom. The second kappa shape index (κ2) is 8.10. The molecule has 1 fully saturated rings. The van der Waals surface area contributed by atoms with Gasteiger partial charge in [-0.1, -0.05) is 32.4 Å². The van der Waals surface area contributed by atoms with Crippen LogP contribution >= 0.6 is 0 Å². The largest absolute Gasteiger partial charge is 0.380 e. The third kappa shape index (κ3) is 5.59. The highest BCUT2D eigenvalue weighted by Gasteiger charge is 2.28. The summed E-state index contributed by atoms with van der Waals surface area (Å²) < 4.78 is 0. The SMILES string of the molecule is CC(C)(C)Nc1cccc(NC(=O)c2cc(C=O)cc(C(=C3CC3)C(C)(C)C)c2)c1. The van der Waals surface area contributed by atoms with Crippen molar-refractivity contribution in [3.63, 3.8) is 0 Å². The Morgan fingerprint density at radius 3 is 2.10 bits per heavy atom. The summed E-state index contributed by atoms with van der Waals surface area (Å²) in [7, 11) is 0. The molecule has 2 N–H and O–H groups in total. The van der Waals surface area contributed by atoms with Crippen molar-refractivity contribution in [3.8, 4) is 0 Å². The van der Waals surface area contributed by atoms with Gasteiger partial charge < -0.3 is 10.6 Å². The number of amides is 1. The fraction of sp³-hybridized carbons (Fsp3) is 0.385. The topological polar surface area (TPSA) is 58.2 Å². The molecule has 1 amide bonds. The van der Waals surface area contributed by atoms with Gasteiger partial charge in [-0.3, -0.25) is 9.59 Å². The van der Waals surface area contributed by atoms with Crippen molar-refractivity contribution in [2.75, 3.05) is 10.6 Å². The quantitative estimate of drug-likeness (QED) is 0.555. The molecule has 4 nitrogen and oxygen atoms in total. The number of anilines is 2. The molecule has 2 aromatic carbocycles. The van der Waals surface area contributed by atoms with E-state index in [1.165, 1.54) is 11.1 Å². The van der Waals surface area contributed by atoms with E-state index >= 15 is 0 Å². The zero-order valence-electron chi connectivity index (χ0n) is 18.8. The minimum absolute atomic E-state index is 0.0476. The highest BCUT2D eigenvalue weighted by Crippen LogP contribution is 2.45. The Kier molecular flexibility index (Phi) is 5.89. The maximum Gasteiger partial charge on any atom is 0.255 e. The molecule has 0 aliphatic heterocycles. The smallest absolute Gasteiger partial charge is 0.255 e. The molecule has 30 heavy (non-hydrogen) atoms. The lowest BCUT2D eigenvalue weighted by molar-refractivity contribution is 0.102. The molecule has 1 aliphatic rings. The average Bonchev–Trinajstić information content (AvgIpc) is 3.43. The first-order chi connectivity index (χ1) is 14.0. The fourth-order valence-corrected chi connectivity index (χ4v) is 3.79. The van der Waals surface area contributed by atoms with Gasteiger partial charge in [-0.2, -0.15) is 0 Å². The van der Waals surface area contributed by atoms with Crippen LogP contribution in [0, 0.1) is 5.41 Å². The second-order valence-electron chi connectivity index (χ2n) is 10.1. The Balaban J connectivity index is 1.91. The number of benzene rings is 2. The number of aldehydes is 1. The van der Waals surface area contributed by atoms with E-state index in [-0.39, 0.29) is 16.9 Å². The molecule has 4 heteroatoms. The molecule has 158 valence electrons. The van der Waals surface area contributed by atoms with Crippen molar-refractivity contribution in [1.82, 2.24) is 0 Å². The van der Waals surface area contributed by atoms with Crippen LogP contribution in [0.15, 0.2) is 48.0 Å². The van der Waals surface area contributed by atoms with Gasteiger partial charge >= 0.3 is 0 Å². The number of allylic oxidation sites excluding steroid dienone is 2. The van der Waals surface area contributed by atoms with Crippen LogP contribution in [-0.4, -0.2) is 17.7 Å². The Morgan fingerprint density at radius 2 is 1.53 bits per heavy atom. The van der Waals surface area contributed by atoms with Gasteiger partial charge in [0, 0.05) is 28.0 Å². The van der Waals surface area contributed by atoms with E-state index in [4.69, 9.17) is 0 Å². The van der Waals surface area contributed by atoms with E-state index in [9.17, 15) is 9.59 Å². The van der Waals surface area contributed by atoms with E-state index in [1.807, 2.05) is 36.4 Å². The first-order valence-electron chi connectivity index (χ1n) is 10.5. The van der Waals surface area contributed by atoms with Crippen molar-refractivity contribution in [3.05, 3.63) is 64.7 Å². The molecule has 0 heterocycles. The third-order valence-corrected chi connectivity index (χ3v) is 4.89. The van der Waals surface area contributed by atoms with Crippen LogP contribution in [0.1, 0.15) is 80.7 Å². The minimum atomic E-state index is -0.220. The van der Waals surface area contributed by atoms with Crippen LogP contribution in [0.5, 0.6) is 0 Å². The predicted octanol–water partition coefficient (Wildman–Crippen LogP) is 6.56. The van der Waals surface area contributed by atoms with Gasteiger partial charge in [0.1, 0.15) is 6.29 Å². The monoisotopic (exact) mass is 404 g/mol. The maximum absolute atomic E-state index is 13.0. The van der Waals surface area contributed by atoms with Gasteiger partial charge in [0.25, 0.3) is 5.91 Å². The lowest BCUT2D eigenvalue weighted by Gasteiger charge is -2.24. The summed E-state index contributed by atoms with van der Waals surface area (Å²) in [5.74, 6) is -0.220. The molecule has 1 saturated carbocycles. The molecule has 0 aromatic heterocycles. The summed E-state index contributed by atoms with van der Waals surface area (Å²) >= 11 is 0. The van der Waals surface area contributed by atoms with Crippen LogP contribution in [-0.2, 0) is 0 Å². The zero-order chi connectivity index (χ0) is 22.1. The highest BCUT2D eigenvalue weighted by atomic mass is 16.1. The first kappa shape index (κ1) is 21.8. The van der Waals surface area contributed by atoms with Gasteiger partial charge in [-0.25, -0.2) is 0 Å². The first-order valence-corrected chi connectivity index (χ1v) is 10.5. The van der Waals surface area contributed by atoms with Crippen LogP contribution in [0.3, 0.4) is 0 Å². The van der Waals surface area contributed by atoms with E-state index in [1.54, 1.807) is 6.07 Å². The zero-order valence-corrected chi connectivity index (χ0v) is 18.8. The lowest BCUT2D eigenvalue weighted by atomic mass is 9.80. The second-order valence-corrected chi connectivity index (χ2v) is 10.1. The van der Waals surface area contributed by atoms with Gasteiger partial charge in [0.15, 0.2) is 0 Å². The summed E-state index contributed by atoms with van der Waals surface area (Å²) in [5, 5.41) is 6.38. The fourth-order valence-electron chi connectivity index (χ4n) is 3.79. The van der Waals surface area contributed by atoms with Crippen molar-refractivity contribution < 1.29 is 9.59 Å². The molecule has 0 spiro atoms. The molecule has 2 aromatic rings. The molecule has 3 rings (SSSR count). The maximum atomic E-state index is 13.0. The number of rotatable bonds is 5. The molecule has 0 unspecified atom stereocenters. The molecular weight excluding hydrogens is 372 g/mol. The summed E-state index contributed by atoms with van der Waals surface area (Å²) in [6, 6.07) is 13.1. The molecule has 1 aliphatic carbocycles. The number of hydrogen-bond acceptors (Lipinski definition) is 3. The highest BCUT2D eigenvalue weighted by molar-refractivity contribution is 6.06. The standard InChI is InChI=1S/C26H32N2O2/c1-25(2,3)23(18-10-11-18)19-12-17(16-29)13-20(14-19)24(30)27-21-8-7-9-22(15-21)28-26(4,5)6/h7-9,12-16,28H,10-11H2,1-6H3,(H,27,30). The van der Waals surface area contributed by atoms with Crippen LogP contribution in [0.2, 0.25) is 0 Å². The summed E-state index contributed by atoms with van der Waals surface area (Å²) in [6.07, 6.45) is 2.99. The summed E-state index contributed by atoms with van der Waals surface area (Å²) in [5.41, 5.74) is 6.17. The number of hydrogen-bond donors (Lipinski definition) is 2. The summed E-state index contributed by atoms with van der Waals surface area (Å²) in [6.45, 7) is 12.8. The Labute approximate surface area is 179 Å². The summed E-state index contributed by atoms with van der Waals surface area (Å²) in [4.78, 5) is 24.6. The van der Waals surface area contributed by atoms with Crippen LogP contribution < -0.4 is 10.6 Å². The van der Waals surface area contributed by atoms with Gasteiger partial charge in [0.05, 0.1) is 0 Å². The molecule has 0 bridgehead atoms. The molecular formula is C26H32N2O2. The minimum Gasteiger partial charge on any atom is -0.380 e. The van der Waals surface area contributed by atoms with Crippen molar-refractivity contribution in [2.24, 2.45) is 5.41 Å². The van der Waals surface area contributed by atoms with Crippen molar-refractivity contribution in [1.29, 1.82) is 0 Å².